The van der Waals surface area contributed by atoms with Crippen molar-refractivity contribution in [3.8, 4) is 17.4 Å². The molecule has 8 nitrogen and oxygen atoms in total. The molecule has 4 rings (SSSR count). The average molecular weight is 404 g/mol. The van der Waals surface area contributed by atoms with Crippen LogP contribution in [0.15, 0.2) is 60.8 Å². The molecular weight excluding hydrogens is 384 g/mol. The van der Waals surface area contributed by atoms with Crippen molar-refractivity contribution in [3.05, 3.63) is 72.1 Å². The quantitative estimate of drug-likeness (QED) is 0.479. The maximum absolute atomic E-state index is 11.4. The van der Waals surface area contributed by atoms with Gasteiger partial charge >= 0.3 is 5.97 Å². The number of aromatic carboxylic acids is 1. The Kier molecular flexibility index (Phi) is 5.21. The Labute approximate surface area is 172 Å². The highest BCUT2D eigenvalue weighted by atomic mass is 16.5. The van der Waals surface area contributed by atoms with Crippen LogP contribution < -0.4 is 14.8 Å². The lowest BCUT2D eigenvalue weighted by Crippen LogP contribution is -2.05. The van der Waals surface area contributed by atoms with Crippen LogP contribution in [-0.4, -0.2) is 32.7 Å². The number of benzene rings is 2. The maximum Gasteiger partial charge on any atom is 0.352 e. The monoisotopic (exact) mass is 404 g/mol. The molecule has 2 N–H and O–H groups in total. The van der Waals surface area contributed by atoms with Gasteiger partial charge in [0, 0.05) is 31.2 Å². The highest BCUT2D eigenvalue weighted by Crippen LogP contribution is 2.31. The number of aromatic nitrogens is 3. The molecule has 2 aromatic carbocycles. The fourth-order valence-corrected chi connectivity index (χ4v) is 3.19. The zero-order chi connectivity index (χ0) is 21.1. The van der Waals surface area contributed by atoms with E-state index in [1.807, 2.05) is 36.4 Å². The number of nitrogens with zero attached hydrogens (tertiary/aromatic N) is 3. The van der Waals surface area contributed by atoms with E-state index in [0.29, 0.717) is 29.6 Å². The Morgan fingerprint density at radius 2 is 1.97 bits per heavy atom. The van der Waals surface area contributed by atoms with Gasteiger partial charge in [-0.15, -0.1) is 0 Å². The lowest BCUT2D eigenvalue weighted by molar-refractivity contribution is 0.0687. The van der Waals surface area contributed by atoms with E-state index in [2.05, 4.69) is 15.3 Å². The molecule has 0 unspecified atom stereocenters. The van der Waals surface area contributed by atoms with E-state index >= 15 is 0 Å². The van der Waals surface area contributed by atoms with Gasteiger partial charge in [0.05, 0.1) is 12.6 Å². The minimum absolute atomic E-state index is 0.186. The fraction of sp³-hybridized carbons (Fsp3) is 0.136. The standard InChI is InChI=1S/C22H20N4O4/c1-26-17(21(27)28)12-15-4-3-5-18(20(15)26)30-19-10-11-23-22(25-19)24-13-14-6-8-16(29-2)9-7-14/h3-12H,13H2,1-2H3,(H,27,28)(H,23,24,25). The van der Waals surface area contributed by atoms with Gasteiger partial charge in [0.2, 0.25) is 11.8 Å². The van der Waals surface area contributed by atoms with Gasteiger partial charge in [-0.3, -0.25) is 0 Å². The van der Waals surface area contributed by atoms with Gasteiger partial charge < -0.3 is 24.5 Å². The molecule has 152 valence electrons. The van der Waals surface area contributed by atoms with Gasteiger partial charge in [0.1, 0.15) is 11.4 Å². The Bertz CT molecular complexity index is 1200. The highest BCUT2D eigenvalue weighted by Gasteiger charge is 2.16. The van der Waals surface area contributed by atoms with E-state index < -0.39 is 5.97 Å². The Hall–Kier alpha value is -4.07. The number of carboxylic acid groups (broad SMARTS) is 1. The zero-order valence-electron chi connectivity index (χ0n) is 16.5. The number of carboxylic acids is 1. The smallest absolute Gasteiger partial charge is 0.352 e. The van der Waals surface area contributed by atoms with Crippen molar-refractivity contribution in [3.63, 3.8) is 0 Å². The molecule has 30 heavy (non-hydrogen) atoms. The number of ether oxygens (including phenoxy) is 2. The number of methoxy groups -OCH3 is 1. The number of fused-ring (bicyclic) bond motifs is 1. The minimum Gasteiger partial charge on any atom is -0.497 e. The van der Waals surface area contributed by atoms with Gasteiger partial charge in [-0.1, -0.05) is 24.3 Å². The molecule has 0 saturated carbocycles. The third-order valence-electron chi connectivity index (χ3n) is 4.69. The summed E-state index contributed by atoms with van der Waals surface area (Å²) in [6.07, 6.45) is 1.60. The van der Waals surface area contributed by atoms with Gasteiger partial charge in [0.15, 0.2) is 5.75 Å². The molecule has 0 fully saturated rings. The minimum atomic E-state index is -0.994. The van der Waals surface area contributed by atoms with Gasteiger partial charge in [-0.05, 0) is 29.8 Å². The number of anilines is 1. The number of carbonyl (C=O) groups is 1. The number of hydrogen-bond acceptors (Lipinski definition) is 6. The molecule has 0 aliphatic rings. The first kappa shape index (κ1) is 19.3. The number of nitrogens with one attached hydrogen (secondary N) is 1. The summed E-state index contributed by atoms with van der Waals surface area (Å²) in [5.74, 6) is 1.10. The Morgan fingerprint density at radius 1 is 1.17 bits per heavy atom. The van der Waals surface area contributed by atoms with Crippen LogP contribution in [0.5, 0.6) is 17.4 Å². The predicted octanol–water partition coefficient (Wildman–Crippen LogP) is 4.08. The molecule has 0 saturated heterocycles. The molecule has 8 heteroatoms. The van der Waals surface area contributed by atoms with Crippen molar-refractivity contribution in [1.82, 2.24) is 14.5 Å². The molecule has 2 heterocycles. The van der Waals surface area contributed by atoms with E-state index in [1.54, 1.807) is 43.1 Å². The van der Waals surface area contributed by atoms with Crippen LogP contribution >= 0.6 is 0 Å². The van der Waals surface area contributed by atoms with Crippen molar-refractivity contribution in [2.24, 2.45) is 7.05 Å². The van der Waals surface area contributed by atoms with Gasteiger partial charge in [0.25, 0.3) is 0 Å². The third-order valence-corrected chi connectivity index (χ3v) is 4.69. The van der Waals surface area contributed by atoms with Gasteiger partial charge in [-0.2, -0.15) is 4.98 Å². The number of hydrogen-bond donors (Lipinski definition) is 2. The normalized spacial score (nSPS) is 10.7. The van der Waals surface area contributed by atoms with E-state index in [1.165, 1.54) is 0 Å². The first-order valence-corrected chi connectivity index (χ1v) is 9.24. The molecule has 0 bridgehead atoms. The molecular formula is C22H20N4O4. The zero-order valence-corrected chi connectivity index (χ0v) is 16.5. The van der Waals surface area contributed by atoms with Gasteiger partial charge in [-0.25, -0.2) is 9.78 Å². The van der Waals surface area contributed by atoms with E-state index in [-0.39, 0.29) is 5.69 Å². The molecule has 0 atom stereocenters. The Balaban J connectivity index is 1.54. The van der Waals surface area contributed by atoms with Crippen LogP contribution in [0.3, 0.4) is 0 Å². The van der Waals surface area contributed by atoms with Crippen molar-refractivity contribution in [2.45, 2.75) is 6.54 Å². The summed E-state index contributed by atoms with van der Waals surface area (Å²) in [6, 6.07) is 16.4. The third kappa shape index (κ3) is 3.88. The van der Waals surface area contributed by atoms with Crippen LogP contribution in [0.1, 0.15) is 16.1 Å². The molecule has 0 amide bonds. The Morgan fingerprint density at radius 3 is 2.70 bits per heavy atom. The molecule has 0 aliphatic heterocycles. The van der Waals surface area contributed by atoms with Crippen LogP contribution in [0.2, 0.25) is 0 Å². The summed E-state index contributed by atoms with van der Waals surface area (Å²) in [6.45, 7) is 0.544. The molecule has 0 radical (unpaired) electrons. The lowest BCUT2D eigenvalue weighted by atomic mass is 10.2. The van der Waals surface area contributed by atoms with Crippen LogP contribution in [0, 0.1) is 0 Å². The van der Waals surface area contributed by atoms with Crippen molar-refractivity contribution >= 4 is 22.8 Å². The first-order chi connectivity index (χ1) is 14.5. The van der Waals surface area contributed by atoms with Crippen LogP contribution in [-0.2, 0) is 13.6 Å². The predicted molar refractivity (Wildman–Crippen MR) is 112 cm³/mol. The molecule has 0 aliphatic carbocycles. The SMILES string of the molecule is COc1ccc(CNc2nccc(Oc3cccc4cc(C(=O)O)n(C)c34)n2)cc1. The first-order valence-electron chi connectivity index (χ1n) is 9.24. The summed E-state index contributed by atoms with van der Waals surface area (Å²) in [7, 11) is 3.32. The van der Waals surface area contributed by atoms with E-state index in [0.717, 1.165) is 16.7 Å². The summed E-state index contributed by atoms with van der Waals surface area (Å²) < 4.78 is 12.7. The number of para-hydroxylation sites is 1. The second kappa shape index (κ2) is 8.12. The van der Waals surface area contributed by atoms with Crippen molar-refractivity contribution in [1.29, 1.82) is 0 Å². The maximum atomic E-state index is 11.4. The second-order valence-electron chi connectivity index (χ2n) is 6.61. The molecule has 4 aromatic rings. The summed E-state index contributed by atoms with van der Waals surface area (Å²) >= 11 is 0. The summed E-state index contributed by atoms with van der Waals surface area (Å²) in [4.78, 5) is 20.1. The van der Waals surface area contributed by atoms with Crippen molar-refractivity contribution < 1.29 is 19.4 Å². The topological polar surface area (TPSA) is 98.5 Å². The lowest BCUT2D eigenvalue weighted by Gasteiger charge is -2.10. The van der Waals surface area contributed by atoms with Crippen LogP contribution in [0.4, 0.5) is 5.95 Å². The van der Waals surface area contributed by atoms with E-state index in [9.17, 15) is 9.90 Å². The largest absolute Gasteiger partial charge is 0.497 e. The second-order valence-corrected chi connectivity index (χ2v) is 6.61. The molecule has 0 spiro atoms. The molecule has 2 aromatic heterocycles. The summed E-state index contributed by atoms with van der Waals surface area (Å²) in [5.41, 5.74) is 1.92. The van der Waals surface area contributed by atoms with E-state index in [4.69, 9.17) is 9.47 Å². The van der Waals surface area contributed by atoms with Crippen molar-refractivity contribution in [2.75, 3.05) is 12.4 Å². The average Bonchev–Trinajstić information content (AvgIpc) is 3.11. The fourth-order valence-electron chi connectivity index (χ4n) is 3.19. The van der Waals surface area contributed by atoms with Crippen LogP contribution in [0.25, 0.3) is 10.9 Å². The summed E-state index contributed by atoms with van der Waals surface area (Å²) in [5, 5.41) is 13.3. The highest BCUT2D eigenvalue weighted by molar-refractivity contribution is 5.96. The number of rotatable bonds is 7. The number of aryl methyl sites for hydroxylation is 1.